The van der Waals surface area contributed by atoms with E-state index >= 15 is 0 Å². The first-order valence-corrected chi connectivity index (χ1v) is 9.39. The quantitative estimate of drug-likeness (QED) is 0.704. The van der Waals surface area contributed by atoms with Gasteiger partial charge in [-0.3, -0.25) is 4.79 Å². The third-order valence-corrected chi connectivity index (χ3v) is 5.30. The Morgan fingerprint density at radius 1 is 0.958 bits per heavy atom. The zero-order chi connectivity index (χ0) is 16.8. The van der Waals surface area contributed by atoms with E-state index in [-0.39, 0.29) is 24.0 Å². The van der Waals surface area contributed by atoms with Crippen molar-refractivity contribution in [1.29, 1.82) is 0 Å². The predicted octanol–water partition coefficient (Wildman–Crippen LogP) is 0.598. The monoisotopic (exact) mass is 338 g/mol. The minimum absolute atomic E-state index is 0.0472. The Kier molecular flexibility index (Phi) is 6.31. The molecule has 3 rings (SSSR count). The van der Waals surface area contributed by atoms with Gasteiger partial charge >= 0.3 is 6.03 Å². The van der Waals surface area contributed by atoms with Crippen LogP contribution in [0, 0.1) is 0 Å². The average Bonchev–Trinajstić information content (AvgIpc) is 2.63. The third-order valence-electron chi connectivity index (χ3n) is 5.30. The molecule has 3 amide bonds. The number of hydrogen-bond acceptors (Lipinski definition) is 4. The number of likely N-dealkylation sites (tertiary alicyclic amines) is 1. The lowest BCUT2D eigenvalue weighted by atomic mass is 9.96. The van der Waals surface area contributed by atoms with Gasteiger partial charge in [-0.2, -0.15) is 0 Å². The maximum atomic E-state index is 12.4. The van der Waals surface area contributed by atoms with Crippen LogP contribution in [0.15, 0.2) is 0 Å². The fourth-order valence-corrected chi connectivity index (χ4v) is 3.85. The summed E-state index contributed by atoms with van der Waals surface area (Å²) >= 11 is 0. The molecule has 0 radical (unpaired) electrons. The number of nitrogens with zero attached hydrogens (tertiary/aromatic N) is 1. The van der Waals surface area contributed by atoms with Crippen LogP contribution in [0.3, 0.4) is 0 Å². The first-order chi connectivity index (χ1) is 11.7. The molecule has 2 saturated heterocycles. The van der Waals surface area contributed by atoms with Crippen LogP contribution >= 0.6 is 0 Å². The fraction of sp³-hybridized carbons (Fsp3) is 0.882. The van der Waals surface area contributed by atoms with Crippen molar-refractivity contribution in [2.45, 2.75) is 63.1 Å². The van der Waals surface area contributed by atoms with Gasteiger partial charge < -0.3 is 25.6 Å². The van der Waals surface area contributed by atoms with Gasteiger partial charge in [0.2, 0.25) is 5.91 Å². The van der Waals surface area contributed by atoms with Crippen molar-refractivity contribution in [3.05, 3.63) is 0 Å². The minimum atomic E-state index is -0.210. The van der Waals surface area contributed by atoms with Crippen LogP contribution in [0.5, 0.6) is 0 Å². The average molecular weight is 338 g/mol. The number of nitrogens with one attached hydrogen (secondary N) is 3. The first kappa shape index (κ1) is 17.5. The highest BCUT2D eigenvalue weighted by Crippen LogP contribution is 2.17. The van der Waals surface area contributed by atoms with Gasteiger partial charge in [-0.05, 0) is 25.7 Å². The second-order valence-electron chi connectivity index (χ2n) is 7.13. The number of piperidine rings is 1. The number of urea groups is 1. The van der Waals surface area contributed by atoms with Gasteiger partial charge in [0.25, 0.3) is 0 Å². The molecule has 0 bridgehead atoms. The number of carbonyl (C=O) groups is 2. The second-order valence-corrected chi connectivity index (χ2v) is 7.13. The van der Waals surface area contributed by atoms with Crippen molar-refractivity contribution in [2.24, 2.45) is 0 Å². The van der Waals surface area contributed by atoms with Crippen LogP contribution in [-0.4, -0.2) is 67.8 Å². The molecule has 2 heterocycles. The molecule has 1 aliphatic carbocycles. The van der Waals surface area contributed by atoms with Crippen molar-refractivity contribution in [3.63, 3.8) is 0 Å². The van der Waals surface area contributed by atoms with Crippen LogP contribution < -0.4 is 16.0 Å². The Labute approximate surface area is 143 Å². The molecule has 1 unspecified atom stereocenters. The lowest BCUT2D eigenvalue weighted by Gasteiger charge is -2.35. The van der Waals surface area contributed by atoms with E-state index in [1.165, 1.54) is 19.3 Å². The maximum absolute atomic E-state index is 12.4. The Balaban J connectivity index is 1.36. The van der Waals surface area contributed by atoms with Gasteiger partial charge in [-0.25, -0.2) is 4.79 Å². The zero-order valence-electron chi connectivity index (χ0n) is 14.4. The zero-order valence-corrected chi connectivity index (χ0v) is 14.4. The van der Waals surface area contributed by atoms with Gasteiger partial charge in [0.15, 0.2) is 0 Å². The van der Waals surface area contributed by atoms with Crippen molar-refractivity contribution < 1.29 is 14.3 Å². The largest absolute Gasteiger partial charge is 0.378 e. The molecule has 3 aliphatic rings. The Morgan fingerprint density at radius 3 is 2.25 bits per heavy atom. The number of rotatable bonds is 3. The predicted molar refractivity (Wildman–Crippen MR) is 90.8 cm³/mol. The van der Waals surface area contributed by atoms with Gasteiger partial charge in [0.05, 0.1) is 13.2 Å². The molecule has 1 atom stereocenters. The molecule has 1 saturated carbocycles. The third kappa shape index (κ3) is 4.83. The molecule has 0 aromatic carbocycles. The van der Waals surface area contributed by atoms with E-state index in [0.29, 0.717) is 32.3 Å². The summed E-state index contributed by atoms with van der Waals surface area (Å²) in [5, 5.41) is 9.38. The van der Waals surface area contributed by atoms with Gasteiger partial charge in [0, 0.05) is 31.7 Å². The maximum Gasteiger partial charge on any atom is 0.315 e. The summed E-state index contributed by atoms with van der Waals surface area (Å²) in [7, 11) is 0. The summed E-state index contributed by atoms with van der Waals surface area (Å²) in [4.78, 5) is 26.4. The molecule has 7 nitrogen and oxygen atoms in total. The van der Waals surface area contributed by atoms with Gasteiger partial charge in [-0.1, -0.05) is 19.3 Å². The fourth-order valence-electron chi connectivity index (χ4n) is 3.85. The summed E-state index contributed by atoms with van der Waals surface area (Å²) in [6.07, 6.45) is 7.53. The van der Waals surface area contributed by atoms with Gasteiger partial charge in [-0.15, -0.1) is 0 Å². The topological polar surface area (TPSA) is 82.7 Å². The van der Waals surface area contributed by atoms with E-state index in [1.54, 1.807) is 0 Å². The molecular formula is C17H30N4O3. The molecule has 24 heavy (non-hydrogen) atoms. The second kappa shape index (κ2) is 8.67. The molecule has 3 fully saturated rings. The number of hydrogen-bond donors (Lipinski definition) is 3. The van der Waals surface area contributed by atoms with Crippen molar-refractivity contribution in [3.8, 4) is 0 Å². The van der Waals surface area contributed by atoms with Crippen molar-refractivity contribution >= 4 is 11.9 Å². The Morgan fingerprint density at radius 2 is 1.62 bits per heavy atom. The number of morpholine rings is 1. The van der Waals surface area contributed by atoms with Crippen molar-refractivity contribution in [1.82, 2.24) is 20.9 Å². The van der Waals surface area contributed by atoms with Gasteiger partial charge in [0.1, 0.15) is 6.04 Å². The van der Waals surface area contributed by atoms with E-state index in [2.05, 4.69) is 16.0 Å². The number of carbonyl (C=O) groups excluding carboxylic acids is 2. The summed E-state index contributed by atoms with van der Waals surface area (Å²) in [5.41, 5.74) is 0. The smallest absolute Gasteiger partial charge is 0.315 e. The first-order valence-electron chi connectivity index (χ1n) is 9.39. The van der Waals surface area contributed by atoms with Crippen LogP contribution in [0.1, 0.15) is 44.9 Å². The molecule has 136 valence electrons. The van der Waals surface area contributed by atoms with Crippen LogP contribution in [0.4, 0.5) is 4.79 Å². The van der Waals surface area contributed by atoms with E-state index < -0.39 is 0 Å². The number of ether oxygens (including phenoxy) is 1. The van der Waals surface area contributed by atoms with E-state index in [9.17, 15) is 9.59 Å². The highest BCUT2D eigenvalue weighted by molar-refractivity contribution is 5.82. The lowest BCUT2D eigenvalue weighted by Crippen LogP contribution is -2.56. The Bertz CT molecular complexity index is 426. The summed E-state index contributed by atoms with van der Waals surface area (Å²) in [5.74, 6) is 0.125. The highest BCUT2D eigenvalue weighted by Gasteiger charge is 2.30. The molecule has 0 aromatic heterocycles. The molecule has 3 N–H and O–H groups in total. The van der Waals surface area contributed by atoms with Crippen LogP contribution in [0.25, 0.3) is 0 Å². The molecule has 7 heteroatoms. The van der Waals surface area contributed by atoms with Crippen LogP contribution in [-0.2, 0) is 9.53 Å². The normalized spacial score (nSPS) is 26.8. The molecule has 2 aliphatic heterocycles. The SMILES string of the molecule is O=C(NC1CCCCC1)NC1CCN(C(=O)C2COCCN2)CC1. The summed E-state index contributed by atoms with van der Waals surface area (Å²) < 4.78 is 5.36. The van der Waals surface area contributed by atoms with Crippen molar-refractivity contribution in [2.75, 3.05) is 32.8 Å². The summed E-state index contributed by atoms with van der Waals surface area (Å²) in [6, 6.07) is 0.234. The number of amides is 3. The van der Waals surface area contributed by atoms with Crippen LogP contribution in [0.2, 0.25) is 0 Å². The minimum Gasteiger partial charge on any atom is -0.378 e. The molecule has 0 spiro atoms. The molecular weight excluding hydrogens is 308 g/mol. The highest BCUT2D eigenvalue weighted by atomic mass is 16.5. The lowest BCUT2D eigenvalue weighted by molar-refractivity contribution is -0.137. The summed E-state index contributed by atoms with van der Waals surface area (Å²) in [6.45, 7) is 3.26. The molecule has 0 aromatic rings. The van der Waals surface area contributed by atoms with E-state index in [4.69, 9.17) is 4.74 Å². The standard InChI is InChI=1S/C17H30N4O3/c22-16(15-12-24-11-8-18-15)21-9-6-14(7-10-21)20-17(23)19-13-4-2-1-3-5-13/h13-15,18H,1-12H2,(H2,19,20,23). The van der Waals surface area contributed by atoms with E-state index in [1.807, 2.05) is 4.90 Å². The van der Waals surface area contributed by atoms with E-state index in [0.717, 1.165) is 32.2 Å². The Hall–Kier alpha value is -1.34.